The average Bonchev–Trinajstić information content (AvgIpc) is 2.93. The molecule has 0 spiro atoms. The van der Waals surface area contributed by atoms with E-state index < -0.39 is 4.92 Å². The third-order valence-corrected chi connectivity index (χ3v) is 5.40. The summed E-state index contributed by atoms with van der Waals surface area (Å²) in [5.74, 6) is -1.31. The molecule has 2 bridgehead atoms. The van der Waals surface area contributed by atoms with Crippen molar-refractivity contribution in [3.63, 3.8) is 0 Å². The lowest BCUT2D eigenvalue weighted by Crippen LogP contribution is -2.38. The lowest BCUT2D eigenvalue weighted by molar-refractivity contribution is -0.385. The van der Waals surface area contributed by atoms with Crippen LogP contribution in [0.3, 0.4) is 0 Å². The van der Waals surface area contributed by atoms with Crippen molar-refractivity contribution in [3.05, 3.63) is 51.6 Å². The Morgan fingerprint density at radius 1 is 1.19 bits per heavy atom. The molecule has 8 nitrogen and oxygen atoms in total. The van der Waals surface area contributed by atoms with Gasteiger partial charge in [0.25, 0.3) is 17.5 Å². The van der Waals surface area contributed by atoms with Crippen LogP contribution in [-0.4, -0.2) is 28.0 Å². The number of amides is 2. The number of hydrogen-bond acceptors (Lipinski definition) is 6. The minimum Gasteiger partial charge on any atom is -0.272 e. The number of nitro groups is 1. The van der Waals surface area contributed by atoms with Crippen LogP contribution in [0.1, 0.15) is 24.0 Å². The quantitative estimate of drug-likeness (QED) is 0.272. The normalized spacial score (nSPS) is 29.3. The molecule has 130 valence electrons. The Kier molecular flexibility index (Phi) is 3.65. The highest BCUT2D eigenvalue weighted by molar-refractivity contribution is 6.06. The maximum Gasteiger partial charge on any atom is 0.279 e. The van der Waals surface area contributed by atoms with Gasteiger partial charge in [0.2, 0.25) is 0 Å². The molecule has 4 atom stereocenters. The molecule has 5 rings (SSSR count). The Balaban J connectivity index is 1.64. The van der Waals surface area contributed by atoms with E-state index in [1.807, 2.05) is 18.2 Å². The number of nitrogens with zero attached hydrogens (tertiary/aromatic N) is 4. The van der Waals surface area contributed by atoms with Crippen LogP contribution in [0, 0.1) is 45.1 Å². The number of allylic oxidation sites excluding steroid dienone is 2. The summed E-state index contributed by atoms with van der Waals surface area (Å²) in [4.78, 5) is 35.9. The second-order valence-corrected chi connectivity index (χ2v) is 6.72. The maximum atomic E-state index is 12.7. The molecule has 0 radical (unpaired) electrons. The number of carbonyl (C=O) groups is 2. The number of nitro benzene ring substituents is 1. The number of benzene rings is 1. The Bertz CT molecular complexity index is 898. The van der Waals surface area contributed by atoms with Crippen molar-refractivity contribution in [3.8, 4) is 6.07 Å². The second-order valence-electron chi connectivity index (χ2n) is 6.72. The summed E-state index contributed by atoms with van der Waals surface area (Å²) in [6, 6.07) is 5.78. The minimum atomic E-state index is -0.625. The van der Waals surface area contributed by atoms with Crippen LogP contribution in [-0.2, 0) is 9.59 Å². The molecule has 2 fully saturated rings. The molecule has 0 aromatic heterocycles. The number of hydrazone groups is 1. The Morgan fingerprint density at radius 3 is 2.31 bits per heavy atom. The molecule has 3 aliphatic carbocycles. The molecule has 26 heavy (non-hydrogen) atoms. The predicted molar refractivity (Wildman–Crippen MR) is 89.6 cm³/mol. The second kappa shape index (κ2) is 5.88. The van der Waals surface area contributed by atoms with Crippen LogP contribution >= 0.6 is 0 Å². The summed E-state index contributed by atoms with van der Waals surface area (Å²) in [6.07, 6.45) is 6.94. The third kappa shape index (κ3) is 2.32. The fourth-order valence-electron chi connectivity index (χ4n) is 4.17. The molecule has 1 aromatic carbocycles. The van der Waals surface area contributed by atoms with E-state index in [1.54, 1.807) is 0 Å². The zero-order chi connectivity index (χ0) is 18.4. The van der Waals surface area contributed by atoms with E-state index in [0.717, 1.165) is 30.1 Å². The van der Waals surface area contributed by atoms with Crippen molar-refractivity contribution < 1.29 is 14.5 Å². The molecule has 4 aliphatic rings. The number of rotatable bonds is 3. The summed E-state index contributed by atoms with van der Waals surface area (Å²) < 4.78 is 0. The summed E-state index contributed by atoms with van der Waals surface area (Å²) in [7, 11) is 0. The SMILES string of the molecule is N#Cc1ccc(/C=N\N2C(=O)[C@@H]3[C@@H](C2=O)[C@@H]2C=C[C@@H]3CC2)c([N+](=O)[O-])c1. The molecular weight excluding hydrogens is 336 g/mol. The number of fused-ring (bicyclic) bond motifs is 1. The number of hydrogen-bond donors (Lipinski definition) is 0. The molecule has 1 saturated heterocycles. The van der Waals surface area contributed by atoms with E-state index >= 15 is 0 Å². The molecule has 0 N–H and O–H groups in total. The van der Waals surface area contributed by atoms with Crippen LogP contribution in [0.25, 0.3) is 0 Å². The van der Waals surface area contributed by atoms with Gasteiger partial charge in [-0.3, -0.25) is 19.7 Å². The summed E-state index contributed by atoms with van der Waals surface area (Å²) in [6.45, 7) is 0. The summed E-state index contributed by atoms with van der Waals surface area (Å²) in [5, 5.41) is 24.9. The molecule has 1 heterocycles. The van der Waals surface area contributed by atoms with Gasteiger partial charge in [-0.2, -0.15) is 15.4 Å². The first-order valence-corrected chi connectivity index (χ1v) is 8.30. The zero-order valence-corrected chi connectivity index (χ0v) is 13.6. The fraction of sp³-hybridized carbons (Fsp3) is 0.333. The van der Waals surface area contributed by atoms with E-state index in [1.165, 1.54) is 12.1 Å². The van der Waals surface area contributed by atoms with E-state index in [4.69, 9.17) is 5.26 Å². The van der Waals surface area contributed by atoms with Gasteiger partial charge in [-0.1, -0.05) is 12.2 Å². The van der Waals surface area contributed by atoms with Crippen LogP contribution in [0.15, 0.2) is 35.5 Å². The van der Waals surface area contributed by atoms with Gasteiger partial charge < -0.3 is 0 Å². The maximum absolute atomic E-state index is 12.7. The van der Waals surface area contributed by atoms with Gasteiger partial charge in [-0.05, 0) is 36.8 Å². The Morgan fingerprint density at radius 2 is 1.81 bits per heavy atom. The lowest BCUT2D eigenvalue weighted by atomic mass is 9.63. The van der Waals surface area contributed by atoms with Crippen LogP contribution in [0.2, 0.25) is 0 Å². The van der Waals surface area contributed by atoms with E-state index in [9.17, 15) is 19.7 Å². The van der Waals surface area contributed by atoms with Gasteiger partial charge in [0.05, 0.1) is 40.2 Å². The Labute approximate surface area is 148 Å². The highest BCUT2D eigenvalue weighted by Crippen LogP contribution is 2.49. The molecule has 0 unspecified atom stereocenters. The molecule has 8 heteroatoms. The van der Waals surface area contributed by atoms with Gasteiger partial charge in [0.1, 0.15) is 0 Å². The van der Waals surface area contributed by atoms with Gasteiger partial charge in [0.15, 0.2) is 0 Å². The first kappa shape index (κ1) is 16.1. The van der Waals surface area contributed by atoms with Crippen molar-refractivity contribution in [2.24, 2.45) is 28.8 Å². The first-order chi connectivity index (χ1) is 12.5. The first-order valence-electron chi connectivity index (χ1n) is 8.30. The summed E-state index contributed by atoms with van der Waals surface area (Å²) in [5.41, 5.74) is -0.0209. The third-order valence-electron chi connectivity index (χ3n) is 5.40. The van der Waals surface area contributed by atoms with Gasteiger partial charge >= 0.3 is 0 Å². The van der Waals surface area contributed by atoms with Crippen molar-refractivity contribution >= 4 is 23.7 Å². The molecule has 1 aromatic rings. The van der Waals surface area contributed by atoms with E-state index in [0.29, 0.717) is 0 Å². The number of carbonyl (C=O) groups excluding carboxylic acids is 2. The number of nitriles is 1. The Hall–Kier alpha value is -3.34. The van der Waals surface area contributed by atoms with Gasteiger partial charge in [-0.25, -0.2) is 0 Å². The smallest absolute Gasteiger partial charge is 0.272 e. The minimum absolute atomic E-state index is 0.0610. The molecule has 1 aliphatic heterocycles. The van der Waals surface area contributed by atoms with E-state index in [2.05, 4.69) is 5.10 Å². The van der Waals surface area contributed by atoms with Gasteiger partial charge in [0, 0.05) is 6.07 Å². The largest absolute Gasteiger partial charge is 0.279 e. The summed E-state index contributed by atoms with van der Waals surface area (Å²) >= 11 is 0. The van der Waals surface area contributed by atoms with Crippen molar-refractivity contribution in [1.29, 1.82) is 5.26 Å². The van der Waals surface area contributed by atoms with E-state index in [-0.39, 0.29) is 52.3 Å². The van der Waals surface area contributed by atoms with Crippen LogP contribution in [0.4, 0.5) is 5.69 Å². The standard InChI is InChI=1S/C18H14N4O4/c19-8-10-1-2-13(14(7-10)22(25)26)9-20-21-17(23)15-11-3-4-12(6-5-11)16(15)18(21)24/h1-4,7,9,11-12,15-16H,5-6H2/b20-9-/t11-,12-,15+,16+/m1/s1. The monoisotopic (exact) mass is 350 g/mol. The molecule has 1 saturated carbocycles. The number of imide groups is 1. The van der Waals surface area contributed by atoms with Gasteiger partial charge in [-0.15, -0.1) is 0 Å². The fourth-order valence-corrected chi connectivity index (χ4v) is 4.17. The van der Waals surface area contributed by atoms with Crippen molar-refractivity contribution in [1.82, 2.24) is 5.01 Å². The predicted octanol–water partition coefficient (Wildman–Crippen LogP) is 2.00. The van der Waals surface area contributed by atoms with Crippen molar-refractivity contribution in [2.75, 3.05) is 0 Å². The lowest BCUT2D eigenvalue weighted by Gasteiger charge is -2.37. The zero-order valence-electron chi connectivity index (χ0n) is 13.6. The topological polar surface area (TPSA) is 117 Å². The highest BCUT2D eigenvalue weighted by atomic mass is 16.6. The molecular formula is C18H14N4O4. The van der Waals surface area contributed by atoms with Crippen LogP contribution in [0.5, 0.6) is 0 Å². The van der Waals surface area contributed by atoms with Crippen molar-refractivity contribution in [2.45, 2.75) is 12.8 Å². The van der Waals surface area contributed by atoms with Crippen LogP contribution < -0.4 is 0 Å². The average molecular weight is 350 g/mol. The molecule has 2 amide bonds. The highest BCUT2D eigenvalue weighted by Gasteiger charge is 2.56.